The third-order valence-corrected chi connectivity index (χ3v) is 5.24. The highest BCUT2D eigenvalue weighted by atomic mass is 32.2. The van der Waals surface area contributed by atoms with Crippen LogP contribution in [0, 0.1) is 0 Å². The summed E-state index contributed by atoms with van der Waals surface area (Å²) in [7, 11) is -2.70. The molecule has 1 aliphatic heterocycles. The van der Waals surface area contributed by atoms with Crippen LogP contribution in [0.25, 0.3) is 0 Å². The van der Waals surface area contributed by atoms with E-state index in [4.69, 9.17) is 0 Å². The lowest BCUT2D eigenvalue weighted by Crippen LogP contribution is -2.51. The van der Waals surface area contributed by atoms with Gasteiger partial charge < -0.3 is 5.32 Å². The molecule has 0 amide bonds. The normalized spacial score (nSPS) is 22.9. The first-order valence-electron chi connectivity index (χ1n) is 4.57. The highest BCUT2D eigenvalue weighted by Crippen LogP contribution is 2.21. The topological polar surface area (TPSA) is 46.2 Å². The molecule has 2 rings (SSSR count). The lowest BCUT2D eigenvalue weighted by atomic mass is 10.2. The van der Waals surface area contributed by atoms with Crippen molar-refractivity contribution in [3.8, 4) is 0 Å². The van der Waals surface area contributed by atoms with Crippen LogP contribution in [0.1, 0.15) is 17.8 Å². The Kier molecular flexibility index (Phi) is 2.64. The Bertz CT molecular complexity index is 384. The first-order chi connectivity index (χ1) is 6.57. The quantitative estimate of drug-likeness (QED) is 0.850. The van der Waals surface area contributed by atoms with Crippen LogP contribution >= 0.6 is 11.3 Å². The van der Waals surface area contributed by atoms with Gasteiger partial charge in [-0.15, -0.1) is 11.3 Å². The van der Waals surface area contributed by atoms with Gasteiger partial charge in [-0.25, -0.2) is 8.42 Å². The Morgan fingerprint density at radius 1 is 1.57 bits per heavy atom. The van der Waals surface area contributed by atoms with Crippen molar-refractivity contribution >= 4 is 21.2 Å². The molecular formula is C9H13NO2S2. The van der Waals surface area contributed by atoms with E-state index in [9.17, 15) is 8.42 Å². The van der Waals surface area contributed by atoms with Crippen LogP contribution < -0.4 is 5.32 Å². The third-order valence-electron chi connectivity index (χ3n) is 2.37. The molecule has 1 aromatic rings. The van der Waals surface area contributed by atoms with Gasteiger partial charge in [0.25, 0.3) is 0 Å². The summed E-state index contributed by atoms with van der Waals surface area (Å²) in [5, 5.41) is 5.34. The molecule has 5 heteroatoms. The van der Waals surface area contributed by atoms with Gasteiger partial charge in [-0.05, 0) is 18.4 Å². The van der Waals surface area contributed by atoms with Crippen molar-refractivity contribution in [2.75, 3.05) is 11.5 Å². The lowest BCUT2D eigenvalue weighted by Gasteiger charge is -2.29. The van der Waals surface area contributed by atoms with Gasteiger partial charge in [-0.1, -0.05) is 6.07 Å². The molecule has 0 spiro atoms. The summed E-state index contributed by atoms with van der Waals surface area (Å²) in [4.78, 5) is 1.26. The van der Waals surface area contributed by atoms with E-state index in [1.54, 1.807) is 11.3 Å². The average molecular weight is 231 g/mol. The van der Waals surface area contributed by atoms with E-state index in [-0.39, 0.29) is 12.1 Å². The minimum absolute atomic E-state index is 0.150. The summed E-state index contributed by atoms with van der Waals surface area (Å²) in [5.74, 6) is 0.589. The first kappa shape index (κ1) is 10.1. The maximum absolute atomic E-state index is 10.9. The summed E-state index contributed by atoms with van der Waals surface area (Å²) < 4.78 is 21.9. The monoisotopic (exact) mass is 231 g/mol. The number of hydrogen-bond acceptors (Lipinski definition) is 4. The average Bonchev–Trinajstić information content (AvgIpc) is 2.51. The molecule has 0 bridgehead atoms. The van der Waals surface area contributed by atoms with Crippen molar-refractivity contribution in [1.82, 2.24) is 5.32 Å². The fraction of sp³-hybridized carbons (Fsp3) is 0.556. The summed E-state index contributed by atoms with van der Waals surface area (Å²) >= 11 is 1.70. The number of rotatable bonds is 3. The highest BCUT2D eigenvalue weighted by Gasteiger charge is 2.33. The van der Waals surface area contributed by atoms with Gasteiger partial charge in [0.2, 0.25) is 0 Å². The van der Waals surface area contributed by atoms with Crippen molar-refractivity contribution < 1.29 is 8.42 Å². The fourth-order valence-electron chi connectivity index (χ4n) is 1.63. The zero-order valence-corrected chi connectivity index (χ0v) is 9.57. The molecule has 1 saturated heterocycles. The Labute approximate surface area is 88.1 Å². The van der Waals surface area contributed by atoms with Gasteiger partial charge in [0.05, 0.1) is 11.5 Å². The Hall–Kier alpha value is -0.390. The van der Waals surface area contributed by atoms with E-state index in [2.05, 4.69) is 18.3 Å². The van der Waals surface area contributed by atoms with Crippen LogP contribution in [0.5, 0.6) is 0 Å². The molecule has 2 heterocycles. The molecule has 1 aliphatic rings. The van der Waals surface area contributed by atoms with Crippen LogP contribution in [0.15, 0.2) is 17.5 Å². The highest BCUT2D eigenvalue weighted by molar-refractivity contribution is 7.92. The second kappa shape index (κ2) is 3.64. The van der Waals surface area contributed by atoms with Gasteiger partial charge in [0, 0.05) is 17.0 Å². The summed E-state index contributed by atoms with van der Waals surface area (Å²) in [5.41, 5.74) is 0. The zero-order valence-electron chi connectivity index (χ0n) is 7.93. The van der Waals surface area contributed by atoms with Crippen LogP contribution in [0.3, 0.4) is 0 Å². The van der Waals surface area contributed by atoms with Gasteiger partial charge in [-0.3, -0.25) is 0 Å². The SMILES string of the molecule is CC(NC1CS(=O)(=O)C1)c1cccs1. The van der Waals surface area contributed by atoms with Crippen molar-refractivity contribution in [3.05, 3.63) is 22.4 Å². The molecule has 3 nitrogen and oxygen atoms in total. The van der Waals surface area contributed by atoms with Crippen molar-refractivity contribution in [3.63, 3.8) is 0 Å². The van der Waals surface area contributed by atoms with Crippen molar-refractivity contribution in [1.29, 1.82) is 0 Å². The molecule has 0 saturated carbocycles. The number of nitrogens with one attached hydrogen (secondary N) is 1. The summed E-state index contributed by atoms with van der Waals surface area (Å²) in [6.45, 7) is 2.07. The Morgan fingerprint density at radius 3 is 2.79 bits per heavy atom. The smallest absolute Gasteiger partial charge is 0.153 e. The standard InChI is InChI=1S/C9H13NO2S2/c1-7(9-3-2-4-13-9)10-8-5-14(11,12)6-8/h2-4,7-8,10H,5-6H2,1H3. The van der Waals surface area contributed by atoms with E-state index >= 15 is 0 Å². The van der Waals surface area contributed by atoms with Crippen LogP contribution in [-0.4, -0.2) is 26.0 Å². The molecule has 78 valence electrons. The molecule has 1 fully saturated rings. The van der Waals surface area contributed by atoms with E-state index in [1.165, 1.54) is 4.88 Å². The molecule has 1 N–H and O–H groups in total. The van der Waals surface area contributed by atoms with Gasteiger partial charge in [0.1, 0.15) is 0 Å². The molecule has 1 unspecified atom stereocenters. The molecule has 0 radical (unpaired) electrons. The molecule has 1 aromatic heterocycles. The van der Waals surface area contributed by atoms with Crippen LogP contribution in [-0.2, 0) is 9.84 Å². The van der Waals surface area contributed by atoms with E-state index in [1.807, 2.05) is 11.4 Å². The van der Waals surface area contributed by atoms with Gasteiger partial charge >= 0.3 is 0 Å². The molecule has 0 aliphatic carbocycles. The van der Waals surface area contributed by atoms with Crippen molar-refractivity contribution in [2.45, 2.75) is 19.0 Å². The number of sulfone groups is 1. The van der Waals surface area contributed by atoms with E-state index in [0.717, 1.165) is 0 Å². The van der Waals surface area contributed by atoms with E-state index < -0.39 is 9.84 Å². The second-order valence-electron chi connectivity index (χ2n) is 3.68. The largest absolute Gasteiger partial charge is 0.305 e. The zero-order chi connectivity index (χ0) is 10.2. The Morgan fingerprint density at radius 2 is 2.29 bits per heavy atom. The third kappa shape index (κ3) is 2.16. The van der Waals surface area contributed by atoms with Crippen LogP contribution in [0.4, 0.5) is 0 Å². The number of hydrogen-bond donors (Lipinski definition) is 1. The summed E-state index contributed by atoms with van der Waals surface area (Å²) in [6, 6.07) is 4.48. The number of thiophene rings is 1. The van der Waals surface area contributed by atoms with Gasteiger partial charge in [0.15, 0.2) is 9.84 Å². The van der Waals surface area contributed by atoms with Crippen LogP contribution in [0.2, 0.25) is 0 Å². The first-order valence-corrected chi connectivity index (χ1v) is 7.27. The van der Waals surface area contributed by atoms with E-state index in [0.29, 0.717) is 11.5 Å². The molecule has 1 atom stereocenters. The maximum atomic E-state index is 10.9. The molecule has 14 heavy (non-hydrogen) atoms. The predicted molar refractivity (Wildman–Crippen MR) is 58.3 cm³/mol. The van der Waals surface area contributed by atoms with Gasteiger partial charge in [-0.2, -0.15) is 0 Å². The molecule has 0 aromatic carbocycles. The Balaban J connectivity index is 1.88. The maximum Gasteiger partial charge on any atom is 0.153 e. The summed E-state index contributed by atoms with van der Waals surface area (Å²) in [6.07, 6.45) is 0. The fourth-order valence-corrected chi connectivity index (χ4v) is 3.70. The minimum atomic E-state index is -2.70. The minimum Gasteiger partial charge on any atom is -0.305 e. The second-order valence-corrected chi connectivity index (χ2v) is 6.81. The predicted octanol–water partition coefficient (Wildman–Crippen LogP) is 1.20. The van der Waals surface area contributed by atoms with Crippen molar-refractivity contribution in [2.24, 2.45) is 0 Å². The molecular weight excluding hydrogens is 218 g/mol. The lowest BCUT2D eigenvalue weighted by molar-refractivity contribution is 0.471.